The predicted octanol–water partition coefficient (Wildman–Crippen LogP) is 2.25. The van der Waals surface area contributed by atoms with Crippen LogP contribution in [-0.2, 0) is 14.6 Å². The van der Waals surface area contributed by atoms with Crippen molar-refractivity contribution in [3.05, 3.63) is 29.8 Å². The van der Waals surface area contributed by atoms with E-state index in [0.717, 1.165) is 19.3 Å². The summed E-state index contributed by atoms with van der Waals surface area (Å²) in [5.74, 6) is -1.55. The van der Waals surface area contributed by atoms with Gasteiger partial charge in [0.15, 0.2) is 9.84 Å². The van der Waals surface area contributed by atoms with E-state index < -0.39 is 27.1 Å². The number of rotatable bonds is 6. The fraction of sp³-hybridized carbons (Fsp3) is 0.529. The number of carboxylic acid groups (broad SMARTS) is 1. The Bertz CT molecular complexity index is 720. The second-order valence-corrected chi connectivity index (χ2v) is 8.48. The normalized spacial score (nSPS) is 17.2. The minimum atomic E-state index is -3.53. The summed E-state index contributed by atoms with van der Waals surface area (Å²) in [5, 5.41) is 12.2. The summed E-state index contributed by atoms with van der Waals surface area (Å²) in [6.45, 7) is 1.53. The third-order valence-electron chi connectivity index (χ3n) is 4.70. The zero-order valence-corrected chi connectivity index (χ0v) is 14.6. The molecular formula is C17H23NO5S. The maximum absolute atomic E-state index is 12.5. The van der Waals surface area contributed by atoms with Crippen molar-refractivity contribution >= 4 is 21.7 Å². The van der Waals surface area contributed by atoms with E-state index in [1.807, 2.05) is 0 Å². The van der Waals surface area contributed by atoms with Crippen LogP contribution in [0.4, 0.5) is 0 Å². The van der Waals surface area contributed by atoms with Crippen molar-refractivity contribution in [3.8, 4) is 0 Å². The number of nitrogens with one attached hydrogen (secondary N) is 1. The van der Waals surface area contributed by atoms with Crippen LogP contribution < -0.4 is 5.32 Å². The Morgan fingerprint density at radius 2 is 1.79 bits per heavy atom. The maximum Gasteiger partial charge on any atom is 0.311 e. The highest BCUT2D eigenvalue weighted by atomic mass is 32.2. The molecule has 7 heteroatoms. The SMILES string of the molecule is CCS(=O)(=O)c1ccccc1C(=O)NCC1(C(=O)O)CCCCC1. The second kappa shape index (κ2) is 7.34. The van der Waals surface area contributed by atoms with Gasteiger partial charge >= 0.3 is 5.97 Å². The van der Waals surface area contributed by atoms with E-state index in [4.69, 9.17) is 0 Å². The standard InChI is InChI=1S/C17H23NO5S/c1-2-24(22,23)14-9-5-4-8-13(14)15(19)18-12-17(16(20)21)10-6-3-7-11-17/h4-5,8-9H,2-3,6-7,10-12H2,1H3,(H,18,19)(H,20,21). The van der Waals surface area contributed by atoms with E-state index >= 15 is 0 Å². The molecule has 2 N–H and O–H groups in total. The average Bonchev–Trinajstić information content (AvgIpc) is 2.60. The monoisotopic (exact) mass is 353 g/mol. The van der Waals surface area contributed by atoms with E-state index in [0.29, 0.717) is 12.8 Å². The smallest absolute Gasteiger partial charge is 0.311 e. The number of aliphatic carboxylic acids is 1. The molecule has 24 heavy (non-hydrogen) atoms. The lowest BCUT2D eigenvalue weighted by Gasteiger charge is -2.33. The zero-order valence-electron chi connectivity index (χ0n) is 13.7. The van der Waals surface area contributed by atoms with Gasteiger partial charge in [0.05, 0.1) is 21.6 Å². The van der Waals surface area contributed by atoms with Crippen LogP contribution in [0.15, 0.2) is 29.2 Å². The first-order valence-electron chi connectivity index (χ1n) is 8.16. The summed E-state index contributed by atoms with van der Waals surface area (Å²) >= 11 is 0. The topological polar surface area (TPSA) is 101 Å². The summed E-state index contributed by atoms with van der Waals surface area (Å²) in [6, 6.07) is 6.02. The molecule has 0 bridgehead atoms. The molecule has 1 fully saturated rings. The van der Waals surface area contributed by atoms with Gasteiger partial charge < -0.3 is 10.4 Å². The third kappa shape index (κ3) is 3.77. The van der Waals surface area contributed by atoms with Gasteiger partial charge in [-0.3, -0.25) is 9.59 Å². The number of hydrogen-bond donors (Lipinski definition) is 2. The van der Waals surface area contributed by atoms with Gasteiger partial charge in [0.25, 0.3) is 5.91 Å². The van der Waals surface area contributed by atoms with Gasteiger partial charge in [-0.05, 0) is 25.0 Å². The lowest BCUT2D eigenvalue weighted by Crippen LogP contribution is -2.44. The van der Waals surface area contributed by atoms with Crippen molar-refractivity contribution in [1.29, 1.82) is 0 Å². The Morgan fingerprint density at radius 1 is 1.17 bits per heavy atom. The van der Waals surface area contributed by atoms with Gasteiger partial charge in [0.2, 0.25) is 0 Å². The van der Waals surface area contributed by atoms with Crippen LogP contribution in [0, 0.1) is 5.41 Å². The number of hydrogen-bond acceptors (Lipinski definition) is 4. The van der Waals surface area contributed by atoms with Crippen molar-refractivity contribution in [2.24, 2.45) is 5.41 Å². The molecule has 6 nitrogen and oxygen atoms in total. The summed E-state index contributed by atoms with van der Waals surface area (Å²) in [6.07, 6.45) is 3.70. The van der Waals surface area contributed by atoms with Crippen LogP contribution in [0.1, 0.15) is 49.4 Å². The first-order chi connectivity index (χ1) is 11.3. The number of benzene rings is 1. The average molecular weight is 353 g/mol. The molecule has 1 saturated carbocycles. The Hall–Kier alpha value is -1.89. The van der Waals surface area contributed by atoms with Crippen LogP contribution in [0.2, 0.25) is 0 Å². The summed E-state index contributed by atoms with van der Waals surface area (Å²) in [4.78, 5) is 24.1. The summed E-state index contributed by atoms with van der Waals surface area (Å²) < 4.78 is 24.3. The minimum Gasteiger partial charge on any atom is -0.481 e. The van der Waals surface area contributed by atoms with Crippen molar-refractivity contribution in [2.45, 2.75) is 43.9 Å². The van der Waals surface area contributed by atoms with Gasteiger partial charge in [0.1, 0.15) is 0 Å². The van der Waals surface area contributed by atoms with E-state index in [9.17, 15) is 23.1 Å². The predicted molar refractivity (Wildman–Crippen MR) is 89.7 cm³/mol. The fourth-order valence-corrected chi connectivity index (χ4v) is 4.21. The number of carbonyl (C=O) groups excluding carboxylic acids is 1. The van der Waals surface area contributed by atoms with Crippen LogP contribution in [0.3, 0.4) is 0 Å². The van der Waals surface area contributed by atoms with Crippen LogP contribution in [0.25, 0.3) is 0 Å². The highest BCUT2D eigenvalue weighted by Gasteiger charge is 2.40. The third-order valence-corrected chi connectivity index (χ3v) is 6.48. The first-order valence-corrected chi connectivity index (χ1v) is 9.81. The number of sulfone groups is 1. The van der Waals surface area contributed by atoms with Gasteiger partial charge in [-0.15, -0.1) is 0 Å². The Kier molecular flexibility index (Phi) is 5.64. The van der Waals surface area contributed by atoms with Crippen molar-refractivity contribution in [1.82, 2.24) is 5.32 Å². The van der Waals surface area contributed by atoms with Crippen LogP contribution in [0.5, 0.6) is 0 Å². The number of carboxylic acids is 1. The van der Waals surface area contributed by atoms with Crippen molar-refractivity contribution < 1.29 is 23.1 Å². The van der Waals surface area contributed by atoms with Crippen LogP contribution in [-0.4, -0.2) is 37.7 Å². The van der Waals surface area contributed by atoms with Gasteiger partial charge in [-0.25, -0.2) is 8.42 Å². The quantitative estimate of drug-likeness (QED) is 0.817. The van der Waals surface area contributed by atoms with Crippen molar-refractivity contribution in [2.75, 3.05) is 12.3 Å². The molecule has 0 aromatic heterocycles. The Labute approximate surface area is 142 Å². The largest absolute Gasteiger partial charge is 0.481 e. The first kappa shape index (κ1) is 18.4. The molecule has 0 spiro atoms. The van der Waals surface area contributed by atoms with E-state index in [1.165, 1.54) is 19.1 Å². The summed E-state index contributed by atoms with van der Waals surface area (Å²) in [5.41, 5.74) is -0.886. The molecule has 132 valence electrons. The highest BCUT2D eigenvalue weighted by Crippen LogP contribution is 2.36. The molecule has 0 radical (unpaired) electrons. The molecular weight excluding hydrogens is 330 g/mol. The molecule has 0 heterocycles. The lowest BCUT2D eigenvalue weighted by molar-refractivity contribution is -0.150. The number of carbonyl (C=O) groups is 2. The lowest BCUT2D eigenvalue weighted by atomic mass is 9.74. The Morgan fingerprint density at radius 3 is 2.38 bits per heavy atom. The van der Waals surface area contributed by atoms with Crippen molar-refractivity contribution in [3.63, 3.8) is 0 Å². The number of amides is 1. The molecule has 0 unspecified atom stereocenters. The van der Waals surface area contributed by atoms with Gasteiger partial charge in [-0.2, -0.15) is 0 Å². The minimum absolute atomic E-state index is 0.0155. The van der Waals surface area contributed by atoms with E-state index in [2.05, 4.69) is 5.32 Å². The molecule has 1 amide bonds. The molecule has 0 atom stereocenters. The fourth-order valence-electron chi connectivity index (χ4n) is 3.12. The molecule has 1 aliphatic carbocycles. The Balaban J connectivity index is 2.20. The molecule has 0 aliphatic heterocycles. The van der Waals surface area contributed by atoms with Crippen LogP contribution >= 0.6 is 0 Å². The molecule has 1 aliphatic rings. The summed E-state index contributed by atoms with van der Waals surface area (Å²) in [7, 11) is -3.53. The van der Waals surface area contributed by atoms with Gasteiger partial charge in [-0.1, -0.05) is 38.3 Å². The molecule has 2 rings (SSSR count). The zero-order chi connectivity index (χ0) is 17.8. The second-order valence-electron chi connectivity index (χ2n) is 6.23. The molecule has 1 aromatic carbocycles. The molecule has 0 saturated heterocycles. The maximum atomic E-state index is 12.5. The molecule has 1 aromatic rings. The van der Waals surface area contributed by atoms with E-state index in [1.54, 1.807) is 12.1 Å². The van der Waals surface area contributed by atoms with Gasteiger partial charge in [0, 0.05) is 6.54 Å². The van der Waals surface area contributed by atoms with E-state index in [-0.39, 0.29) is 22.8 Å². The highest BCUT2D eigenvalue weighted by molar-refractivity contribution is 7.91.